The van der Waals surface area contributed by atoms with E-state index in [9.17, 15) is 31.5 Å². The van der Waals surface area contributed by atoms with Crippen molar-refractivity contribution in [2.45, 2.75) is 24.6 Å². The van der Waals surface area contributed by atoms with E-state index in [1.165, 1.54) is 4.90 Å². The number of halogens is 5. The number of piperidine rings is 1. The van der Waals surface area contributed by atoms with Crippen LogP contribution in [0, 0.1) is 0 Å². The highest BCUT2D eigenvalue weighted by atomic mass is 19.4. The van der Waals surface area contributed by atoms with Gasteiger partial charge in [-0.25, -0.2) is 18.6 Å². The lowest BCUT2D eigenvalue weighted by atomic mass is 10.0. The van der Waals surface area contributed by atoms with Crippen molar-refractivity contribution in [3.63, 3.8) is 0 Å². The number of fused-ring (bicyclic) bond motifs is 2. The average Bonchev–Trinajstić information content (AvgIpc) is 3.25. The van der Waals surface area contributed by atoms with Crippen LogP contribution in [0.2, 0.25) is 0 Å². The number of nitrogens with zero attached hydrogens (tertiary/aromatic N) is 2. The van der Waals surface area contributed by atoms with Crippen molar-refractivity contribution in [1.29, 1.82) is 0 Å². The van der Waals surface area contributed by atoms with Crippen molar-refractivity contribution < 1.29 is 41.4 Å². The molecule has 1 saturated heterocycles. The molecule has 4 aromatic rings. The summed E-state index contributed by atoms with van der Waals surface area (Å²) in [6.45, 7) is -0.423. The van der Waals surface area contributed by atoms with Crippen LogP contribution in [0.15, 0.2) is 59.4 Å². The monoisotopic (exact) mass is 538 g/mol. The average molecular weight is 538 g/mol. The predicted molar refractivity (Wildman–Crippen MR) is 124 cm³/mol. The lowest BCUT2D eigenvalue weighted by Crippen LogP contribution is -2.55. The third-order valence-corrected chi connectivity index (χ3v) is 5.78. The summed E-state index contributed by atoms with van der Waals surface area (Å²) in [5.74, 6) is -6.24. The second kappa shape index (κ2) is 10.1. The Morgan fingerprint density at radius 1 is 1.05 bits per heavy atom. The van der Waals surface area contributed by atoms with Crippen molar-refractivity contribution in [3.05, 3.63) is 70.5 Å². The molecule has 3 N–H and O–H groups in total. The van der Waals surface area contributed by atoms with Gasteiger partial charge < -0.3 is 14.7 Å². The second-order valence-corrected chi connectivity index (χ2v) is 8.32. The molecule has 0 bridgehead atoms. The topological polar surface area (TPSA) is 128 Å². The summed E-state index contributed by atoms with van der Waals surface area (Å²) in [7, 11) is 0. The van der Waals surface area contributed by atoms with Crippen molar-refractivity contribution in [1.82, 2.24) is 20.1 Å². The highest BCUT2D eigenvalue weighted by Crippen LogP contribution is 2.32. The molecule has 14 heteroatoms. The van der Waals surface area contributed by atoms with Gasteiger partial charge in [0.25, 0.3) is 17.4 Å². The van der Waals surface area contributed by atoms with E-state index in [1.54, 1.807) is 42.5 Å². The molecule has 1 atom stereocenters. The van der Waals surface area contributed by atoms with Gasteiger partial charge in [0.1, 0.15) is 0 Å². The van der Waals surface area contributed by atoms with E-state index in [0.29, 0.717) is 16.4 Å². The molecule has 9 nitrogen and oxygen atoms in total. The summed E-state index contributed by atoms with van der Waals surface area (Å²) in [5.41, 5.74) is 0.876. The first kappa shape index (κ1) is 26.6. The number of rotatable bonds is 3. The van der Waals surface area contributed by atoms with Gasteiger partial charge in [-0.15, -0.1) is 0 Å². The Morgan fingerprint density at radius 2 is 1.76 bits per heavy atom. The largest absolute Gasteiger partial charge is 0.490 e. The van der Waals surface area contributed by atoms with Crippen LogP contribution in [0.25, 0.3) is 21.8 Å². The summed E-state index contributed by atoms with van der Waals surface area (Å²) < 4.78 is 66.5. The van der Waals surface area contributed by atoms with Gasteiger partial charge in [-0.1, -0.05) is 24.3 Å². The number of carbonyl (C=O) groups is 2. The molecule has 0 aliphatic carbocycles. The van der Waals surface area contributed by atoms with Gasteiger partial charge in [-0.2, -0.15) is 13.2 Å². The smallest absolute Gasteiger partial charge is 0.475 e. The maximum atomic E-state index is 14.6. The fourth-order valence-corrected chi connectivity index (χ4v) is 3.85. The predicted octanol–water partition coefficient (Wildman–Crippen LogP) is 3.97. The quantitative estimate of drug-likeness (QED) is 0.339. The number of carboxylic acid groups (broad SMARTS) is 1. The Hall–Kier alpha value is -4.49. The van der Waals surface area contributed by atoms with Crippen LogP contribution in [-0.4, -0.2) is 68.4 Å². The van der Waals surface area contributed by atoms with Gasteiger partial charge in [-0.3, -0.25) is 19.8 Å². The van der Waals surface area contributed by atoms with Crippen LogP contribution >= 0.6 is 0 Å². The van der Waals surface area contributed by atoms with Gasteiger partial charge in [-0.05, 0) is 24.3 Å². The van der Waals surface area contributed by atoms with Crippen LogP contribution in [0.3, 0.4) is 0 Å². The highest BCUT2D eigenvalue weighted by molar-refractivity contribution is 6.05. The molecule has 1 aliphatic rings. The first-order valence-electron chi connectivity index (χ1n) is 11.1. The Balaban J connectivity index is 0.000000426. The summed E-state index contributed by atoms with van der Waals surface area (Å²) in [6.07, 6.45) is -7.15. The first-order chi connectivity index (χ1) is 17.9. The zero-order chi connectivity index (χ0) is 27.7. The maximum Gasteiger partial charge on any atom is 0.490 e. The minimum Gasteiger partial charge on any atom is -0.475 e. The Kier molecular flexibility index (Phi) is 7.07. The third kappa shape index (κ3) is 5.58. The molecular weight excluding hydrogens is 519 g/mol. The van der Waals surface area contributed by atoms with Gasteiger partial charge >= 0.3 is 12.1 Å². The van der Waals surface area contributed by atoms with Crippen LogP contribution in [0.1, 0.15) is 16.8 Å². The number of hydrogen-bond donors (Lipinski definition) is 3. The number of aromatic nitrogens is 3. The lowest BCUT2D eigenvalue weighted by Gasteiger charge is -2.38. The molecule has 5 rings (SSSR count). The fourth-order valence-electron chi connectivity index (χ4n) is 3.85. The van der Waals surface area contributed by atoms with E-state index in [-0.39, 0.29) is 30.1 Å². The number of pyridine rings is 1. The van der Waals surface area contributed by atoms with Crippen LogP contribution in [-0.2, 0) is 4.79 Å². The summed E-state index contributed by atoms with van der Waals surface area (Å²) in [6, 6.07) is 15.3. The van der Waals surface area contributed by atoms with E-state index < -0.39 is 36.5 Å². The molecule has 3 heterocycles. The van der Waals surface area contributed by atoms with E-state index in [1.807, 2.05) is 12.1 Å². The van der Waals surface area contributed by atoms with Gasteiger partial charge in [0.15, 0.2) is 6.10 Å². The maximum absolute atomic E-state index is 14.6. The number of H-pyrrole nitrogens is 2. The molecule has 38 heavy (non-hydrogen) atoms. The zero-order valence-electron chi connectivity index (χ0n) is 19.3. The molecule has 1 fully saturated rings. The van der Waals surface area contributed by atoms with E-state index in [4.69, 9.17) is 14.6 Å². The number of likely N-dealkylation sites (tertiary alicyclic amines) is 1. The molecule has 0 spiro atoms. The third-order valence-electron chi connectivity index (χ3n) is 5.78. The van der Waals surface area contributed by atoms with Crippen molar-refractivity contribution >= 4 is 33.7 Å². The zero-order valence-corrected chi connectivity index (χ0v) is 19.3. The summed E-state index contributed by atoms with van der Waals surface area (Å²) >= 11 is 0. The number of alkyl halides is 5. The first-order valence-corrected chi connectivity index (χ1v) is 11.1. The molecule has 0 saturated carbocycles. The molecule has 2 aromatic heterocycles. The number of aromatic amines is 2. The van der Waals surface area contributed by atoms with Gasteiger partial charge in [0.05, 0.1) is 28.5 Å². The number of aliphatic carboxylic acids is 1. The SMILES string of the molecule is O=C(O)C(F)(F)F.O=C(c1cccc2c(=O)[nH][nH]c12)N1CCC(F)(F)[C@@H](Oc2ccc3ccccc3n2)C1. The van der Waals surface area contributed by atoms with Crippen molar-refractivity contribution in [2.75, 3.05) is 13.1 Å². The van der Waals surface area contributed by atoms with Crippen LogP contribution in [0.4, 0.5) is 22.0 Å². The van der Waals surface area contributed by atoms with Gasteiger partial charge in [0, 0.05) is 24.4 Å². The Bertz CT molecular complexity index is 1550. The minimum absolute atomic E-state index is 0.0785. The number of ether oxygens (including phenoxy) is 1. The molecule has 1 amide bonds. The molecule has 1 aliphatic heterocycles. The van der Waals surface area contributed by atoms with E-state index in [2.05, 4.69) is 15.2 Å². The van der Waals surface area contributed by atoms with E-state index in [0.717, 1.165) is 5.39 Å². The number of benzene rings is 2. The summed E-state index contributed by atoms with van der Waals surface area (Å²) in [5, 5.41) is 13.5. The number of para-hydroxylation sites is 2. The number of hydrogen-bond acceptors (Lipinski definition) is 5. The minimum atomic E-state index is -5.08. The van der Waals surface area contributed by atoms with Crippen LogP contribution in [0.5, 0.6) is 5.88 Å². The highest BCUT2D eigenvalue weighted by Gasteiger charge is 2.47. The standard InChI is InChI=1S/C22H18F2N4O3.C2HF3O2/c23-22(24)10-11-28(21(30)15-6-3-5-14-19(15)26-27-20(14)29)12-17(22)31-18-9-8-13-4-1-2-7-16(13)25-18;3-2(4,5)1(6)7/h1-9,17H,10-12H2,(H2,26,27,29);(H,6,7)/t17-;/m0./s1. The normalized spacial score (nSPS) is 17.1. The molecule has 200 valence electrons. The number of amides is 1. The van der Waals surface area contributed by atoms with Gasteiger partial charge in [0.2, 0.25) is 5.88 Å². The molecule has 2 aromatic carbocycles. The Labute approximate surface area is 209 Å². The number of carbonyl (C=O) groups excluding carboxylic acids is 1. The van der Waals surface area contributed by atoms with E-state index >= 15 is 0 Å². The summed E-state index contributed by atoms with van der Waals surface area (Å²) in [4.78, 5) is 39.4. The number of carboxylic acids is 1. The molecular formula is C24H19F5N4O5. The fraction of sp³-hybridized carbons (Fsp3) is 0.250. The second-order valence-electron chi connectivity index (χ2n) is 8.32. The molecule has 0 unspecified atom stereocenters. The number of nitrogens with one attached hydrogen (secondary N) is 2. The van der Waals surface area contributed by atoms with Crippen LogP contribution < -0.4 is 10.3 Å². The van der Waals surface area contributed by atoms with Crippen molar-refractivity contribution in [2.24, 2.45) is 0 Å². The molecule has 0 radical (unpaired) electrons. The Morgan fingerprint density at radius 3 is 2.47 bits per heavy atom. The lowest BCUT2D eigenvalue weighted by molar-refractivity contribution is -0.192. The van der Waals surface area contributed by atoms with Crippen molar-refractivity contribution in [3.8, 4) is 5.88 Å².